The summed E-state index contributed by atoms with van der Waals surface area (Å²) in [5.41, 5.74) is 1.47. The summed E-state index contributed by atoms with van der Waals surface area (Å²) in [6, 6.07) is 1.77. The van der Waals surface area contributed by atoms with Crippen LogP contribution in [-0.2, 0) is 0 Å². The number of hydrogen-bond acceptors (Lipinski definition) is 3. The quantitative estimate of drug-likeness (QED) is 0.823. The van der Waals surface area contributed by atoms with Gasteiger partial charge in [-0.05, 0) is 26.3 Å². The van der Waals surface area contributed by atoms with Crippen LogP contribution < -0.4 is 4.90 Å². The second-order valence-electron chi connectivity index (χ2n) is 3.83. The summed E-state index contributed by atoms with van der Waals surface area (Å²) in [4.78, 5) is 17.2. The van der Waals surface area contributed by atoms with Crippen LogP contribution in [0.2, 0.25) is 5.15 Å². The lowest BCUT2D eigenvalue weighted by Gasteiger charge is -2.24. The van der Waals surface area contributed by atoms with Crippen molar-refractivity contribution < 1.29 is 9.90 Å². The molecule has 17 heavy (non-hydrogen) atoms. The van der Waals surface area contributed by atoms with Gasteiger partial charge in [-0.2, -0.15) is 0 Å². The van der Waals surface area contributed by atoms with E-state index in [0.717, 1.165) is 25.2 Å². The van der Waals surface area contributed by atoms with Crippen LogP contribution >= 0.6 is 11.6 Å². The number of aromatic nitrogens is 1. The number of aryl methyl sites for hydroxylation is 1. The molecule has 0 bridgehead atoms. The van der Waals surface area contributed by atoms with Crippen molar-refractivity contribution in [3.8, 4) is 0 Å². The van der Waals surface area contributed by atoms with E-state index in [1.165, 1.54) is 0 Å². The van der Waals surface area contributed by atoms with Gasteiger partial charge in [0.05, 0.1) is 5.69 Å². The summed E-state index contributed by atoms with van der Waals surface area (Å²) in [6.07, 6.45) is 0.950. The molecule has 5 heteroatoms. The summed E-state index contributed by atoms with van der Waals surface area (Å²) >= 11 is 5.91. The van der Waals surface area contributed by atoms with E-state index in [9.17, 15) is 9.90 Å². The van der Waals surface area contributed by atoms with E-state index >= 15 is 0 Å². The Hall–Kier alpha value is -1.29. The maximum absolute atomic E-state index is 11.2. The van der Waals surface area contributed by atoms with E-state index in [1.54, 1.807) is 13.0 Å². The van der Waals surface area contributed by atoms with E-state index in [1.807, 2.05) is 11.8 Å². The molecule has 0 saturated heterocycles. The first-order valence-corrected chi connectivity index (χ1v) is 6.04. The summed E-state index contributed by atoms with van der Waals surface area (Å²) in [6.45, 7) is 7.40. The highest BCUT2D eigenvalue weighted by Crippen LogP contribution is 2.27. The van der Waals surface area contributed by atoms with E-state index in [2.05, 4.69) is 11.9 Å². The van der Waals surface area contributed by atoms with Crippen LogP contribution in [0.1, 0.15) is 36.3 Å². The third kappa shape index (κ3) is 3.09. The van der Waals surface area contributed by atoms with E-state index in [4.69, 9.17) is 11.6 Å². The van der Waals surface area contributed by atoms with Crippen molar-refractivity contribution in [2.45, 2.75) is 27.2 Å². The number of carbonyl (C=O) groups is 1. The van der Waals surface area contributed by atoms with Crippen molar-refractivity contribution in [3.05, 3.63) is 22.5 Å². The number of halogens is 1. The zero-order valence-electron chi connectivity index (χ0n) is 10.3. The van der Waals surface area contributed by atoms with E-state index in [0.29, 0.717) is 5.69 Å². The van der Waals surface area contributed by atoms with Gasteiger partial charge in [-0.15, -0.1) is 0 Å². The largest absolute Gasteiger partial charge is 0.478 e. The number of carboxylic acids is 1. The van der Waals surface area contributed by atoms with Gasteiger partial charge in [0, 0.05) is 18.8 Å². The molecular formula is C12H17ClN2O2. The van der Waals surface area contributed by atoms with Gasteiger partial charge in [0.1, 0.15) is 10.7 Å². The molecule has 1 rings (SSSR count). The van der Waals surface area contributed by atoms with Crippen molar-refractivity contribution in [3.63, 3.8) is 0 Å². The number of pyridine rings is 1. The van der Waals surface area contributed by atoms with Gasteiger partial charge in [0.25, 0.3) is 0 Å². The molecule has 94 valence electrons. The van der Waals surface area contributed by atoms with Gasteiger partial charge in [0.2, 0.25) is 0 Å². The molecule has 0 aliphatic heterocycles. The molecule has 4 nitrogen and oxygen atoms in total. The summed E-state index contributed by atoms with van der Waals surface area (Å²) in [7, 11) is 0. The number of rotatable bonds is 5. The monoisotopic (exact) mass is 256 g/mol. The van der Waals surface area contributed by atoms with Crippen molar-refractivity contribution >= 4 is 23.3 Å². The number of carboxylic acid groups (broad SMARTS) is 1. The van der Waals surface area contributed by atoms with Crippen LogP contribution in [0.15, 0.2) is 6.07 Å². The number of nitrogens with zero attached hydrogens (tertiary/aromatic N) is 2. The van der Waals surface area contributed by atoms with Crippen LogP contribution in [-0.4, -0.2) is 29.1 Å². The van der Waals surface area contributed by atoms with Crippen LogP contribution in [0.5, 0.6) is 0 Å². The first-order chi connectivity index (χ1) is 8.01. The molecule has 0 unspecified atom stereocenters. The lowest BCUT2D eigenvalue weighted by molar-refractivity contribution is 0.0697. The van der Waals surface area contributed by atoms with Gasteiger partial charge < -0.3 is 10.0 Å². The molecule has 0 spiro atoms. The topological polar surface area (TPSA) is 53.4 Å². The van der Waals surface area contributed by atoms with Crippen LogP contribution in [0.3, 0.4) is 0 Å². The van der Waals surface area contributed by atoms with Gasteiger partial charge >= 0.3 is 5.97 Å². The van der Waals surface area contributed by atoms with Crippen LogP contribution in [0.25, 0.3) is 0 Å². The minimum atomic E-state index is -1.04. The Morgan fingerprint density at radius 3 is 2.65 bits per heavy atom. The molecule has 0 radical (unpaired) electrons. The Bertz CT molecular complexity index is 421. The fraction of sp³-hybridized carbons (Fsp3) is 0.500. The molecule has 1 heterocycles. The average molecular weight is 257 g/mol. The molecular weight excluding hydrogens is 240 g/mol. The molecule has 0 aromatic carbocycles. The predicted octanol–water partition coefficient (Wildman–Crippen LogP) is 2.98. The molecule has 0 aliphatic carbocycles. The Morgan fingerprint density at radius 1 is 1.53 bits per heavy atom. The van der Waals surface area contributed by atoms with Gasteiger partial charge in [-0.1, -0.05) is 18.5 Å². The van der Waals surface area contributed by atoms with Crippen LogP contribution in [0.4, 0.5) is 5.69 Å². The maximum Gasteiger partial charge on any atom is 0.340 e. The van der Waals surface area contributed by atoms with Gasteiger partial charge in [-0.3, -0.25) is 0 Å². The number of aromatic carboxylic acids is 1. The highest BCUT2D eigenvalue weighted by Gasteiger charge is 2.20. The Morgan fingerprint density at radius 2 is 2.18 bits per heavy atom. The normalized spacial score (nSPS) is 10.4. The second-order valence-corrected chi connectivity index (χ2v) is 4.19. The lowest BCUT2D eigenvalue weighted by Crippen LogP contribution is -2.26. The fourth-order valence-corrected chi connectivity index (χ4v) is 2.10. The highest BCUT2D eigenvalue weighted by atomic mass is 35.5. The van der Waals surface area contributed by atoms with Crippen molar-refractivity contribution in [1.82, 2.24) is 4.98 Å². The molecule has 0 fully saturated rings. The Kier molecular flexibility index (Phi) is 4.75. The molecule has 1 aromatic heterocycles. The van der Waals surface area contributed by atoms with E-state index < -0.39 is 5.97 Å². The Labute approximate surface area is 106 Å². The zero-order chi connectivity index (χ0) is 13.0. The third-order valence-electron chi connectivity index (χ3n) is 2.51. The van der Waals surface area contributed by atoms with E-state index in [-0.39, 0.29) is 10.7 Å². The maximum atomic E-state index is 11.2. The van der Waals surface area contributed by atoms with Gasteiger partial charge in [-0.25, -0.2) is 9.78 Å². The molecule has 1 N–H and O–H groups in total. The Balaban J connectivity index is 3.32. The zero-order valence-corrected chi connectivity index (χ0v) is 11.1. The number of anilines is 1. The first kappa shape index (κ1) is 13.8. The summed E-state index contributed by atoms with van der Waals surface area (Å²) < 4.78 is 0. The first-order valence-electron chi connectivity index (χ1n) is 5.66. The number of hydrogen-bond donors (Lipinski definition) is 1. The molecule has 0 saturated carbocycles. The van der Waals surface area contributed by atoms with Crippen molar-refractivity contribution in [2.24, 2.45) is 0 Å². The molecule has 0 amide bonds. The van der Waals surface area contributed by atoms with Gasteiger partial charge in [0.15, 0.2) is 0 Å². The molecule has 1 aromatic rings. The SMILES string of the molecule is CCCN(CC)c1cc(C)nc(Cl)c1C(=O)O. The van der Waals surface area contributed by atoms with Crippen molar-refractivity contribution in [2.75, 3.05) is 18.0 Å². The van der Waals surface area contributed by atoms with Crippen LogP contribution in [0, 0.1) is 6.92 Å². The standard InChI is InChI=1S/C12H17ClN2O2/c1-4-6-15(5-2)9-7-8(3)14-11(13)10(9)12(16)17/h7H,4-6H2,1-3H3,(H,16,17). The average Bonchev–Trinajstić information content (AvgIpc) is 2.23. The fourth-order valence-electron chi connectivity index (χ4n) is 1.78. The molecule has 0 atom stereocenters. The summed E-state index contributed by atoms with van der Waals surface area (Å²) in [5.74, 6) is -1.04. The smallest absolute Gasteiger partial charge is 0.340 e. The second kappa shape index (κ2) is 5.87. The lowest BCUT2D eigenvalue weighted by atomic mass is 10.1. The summed E-state index contributed by atoms with van der Waals surface area (Å²) in [5, 5.41) is 9.26. The molecule has 0 aliphatic rings. The highest BCUT2D eigenvalue weighted by molar-refractivity contribution is 6.33. The minimum Gasteiger partial charge on any atom is -0.478 e. The minimum absolute atomic E-state index is 0.0575. The van der Waals surface area contributed by atoms with Crippen molar-refractivity contribution in [1.29, 1.82) is 0 Å². The predicted molar refractivity (Wildman–Crippen MR) is 69.1 cm³/mol. The third-order valence-corrected chi connectivity index (χ3v) is 2.79.